The summed E-state index contributed by atoms with van der Waals surface area (Å²) >= 11 is 3.43. The highest BCUT2D eigenvalue weighted by Gasteiger charge is 2.37. The van der Waals surface area contributed by atoms with Crippen molar-refractivity contribution >= 4 is 27.7 Å². The first-order valence-electron chi connectivity index (χ1n) is 9.77. The van der Waals surface area contributed by atoms with Crippen LogP contribution in [0.2, 0.25) is 0 Å². The molecule has 2 fully saturated rings. The smallest absolute Gasteiger partial charge is 0.253 e. The average Bonchev–Trinajstić information content (AvgIpc) is 3.21. The van der Waals surface area contributed by atoms with E-state index in [1.807, 2.05) is 29.2 Å². The molecule has 146 valence electrons. The fraction of sp³-hybridized carbons (Fsp3) is 0.524. The van der Waals surface area contributed by atoms with Gasteiger partial charge in [-0.05, 0) is 37.0 Å². The molecule has 0 aromatic heterocycles. The topological polar surface area (TPSA) is 52.7 Å². The number of rotatable bonds is 6. The molecule has 0 bridgehead atoms. The molecule has 1 aliphatic carbocycles. The highest BCUT2D eigenvalue weighted by Crippen LogP contribution is 2.31. The zero-order valence-corrected chi connectivity index (χ0v) is 17.3. The number of carbonyl (C=O) groups is 2. The van der Waals surface area contributed by atoms with E-state index in [0.717, 1.165) is 30.4 Å². The Morgan fingerprint density at radius 2 is 1.93 bits per heavy atom. The van der Waals surface area contributed by atoms with Crippen molar-refractivity contribution in [3.05, 3.63) is 47.0 Å². The third kappa shape index (κ3) is 4.99. The van der Waals surface area contributed by atoms with E-state index in [1.165, 1.54) is 12.8 Å². The van der Waals surface area contributed by atoms with Crippen LogP contribution in [-0.2, 0) is 4.79 Å². The first kappa shape index (κ1) is 20.1. The summed E-state index contributed by atoms with van der Waals surface area (Å²) in [5, 5.41) is 2.99. The summed E-state index contributed by atoms with van der Waals surface area (Å²) in [6, 6.07) is 7.43. The van der Waals surface area contributed by atoms with Crippen molar-refractivity contribution in [2.75, 3.05) is 32.7 Å². The maximum Gasteiger partial charge on any atom is 0.253 e. The summed E-state index contributed by atoms with van der Waals surface area (Å²) < 4.78 is 0.909. The minimum absolute atomic E-state index is 0.0597. The molecule has 1 saturated carbocycles. The number of nitrogens with zero attached hydrogens (tertiary/aromatic N) is 2. The molecule has 1 aromatic rings. The number of piperazine rings is 1. The Hall–Kier alpha value is -1.66. The zero-order valence-electron chi connectivity index (χ0n) is 15.7. The van der Waals surface area contributed by atoms with Gasteiger partial charge in [-0.2, -0.15) is 0 Å². The molecule has 1 aromatic carbocycles. The van der Waals surface area contributed by atoms with Crippen LogP contribution in [0.25, 0.3) is 0 Å². The average molecular weight is 434 g/mol. The third-order valence-electron chi connectivity index (χ3n) is 5.60. The Morgan fingerprint density at radius 1 is 1.22 bits per heavy atom. The van der Waals surface area contributed by atoms with Crippen molar-refractivity contribution < 1.29 is 9.59 Å². The number of halogens is 1. The van der Waals surface area contributed by atoms with E-state index in [0.29, 0.717) is 31.1 Å². The Kier molecular flexibility index (Phi) is 7.07. The number of nitrogens with one attached hydrogen (secondary N) is 1. The van der Waals surface area contributed by atoms with Gasteiger partial charge in [-0.25, -0.2) is 0 Å². The number of amides is 2. The van der Waals surface area contributed by atoms with Crippen molar-refractivity contribution in [2.45, 2.75) is 31.7 Å². The lowest BCUT2D eigenvalue weighted by molar-refractivity contribution is -0.129. The number of hydrogen-bond donors (Lipinski definition) is 1. The molecule has 1 aliphatic heterocycles. The zero-order chi connectivity index (χ0) is 19.2. The van der Waals surface area contributed by atoms with Crippen molar-refractivity contribution in [3.8, 4) is 0 Å². The van der Waals surface area contributed by atoms with E-state index in [9.17, 15) is 9.59 Å². The summed E-state index contributed by atoms with van der Waals surface area (Å²) in [7, 11) is 0. The van der Waals surface area contributed by atoms with E-state index >= 15 is 0 Å². The molecule has 2 amide bonds. The number of carbonyl (C=O) groups excluding carboxylic acids is 2. The normalized spacial score (nSPS) is 19.7. The van der Waals surface area contributed by atoms with E-state index in [1.54, 1.807) is 6.08 Å². The summed E-state index contributed by atoms with van der Waals surface area (Å²) in [6.45, 7) is 6.98. The van der Waals surface area contributed by atoms with Gasteiger partial charge < -0.3 is 10.2 Å². The molecule has 5 nitrogen and oxygen atoms in total. The minimum Gasteiger partial charge on any atom is -0.351 e. The van der Waals surface area contributed by atoms with Gasteiger partial charge in [0.25, 0.3) is 5.91 Å². The molecular formula is C21H28BrN3O2. The fourth-order valence-electron chi connectivity index (χ4n) is 4.24. The molecule has 1 heterocycles. The molecule has 1 saturated heterocycles. The summed E-state index contributed by atoms with van der Waals surface area (Å²) in [4.78, 5) is 29.7. The van der Waals surface area contributed by atoms with E-state index in [2.05, 4.69) is 32.7 Å². The van der Waals surface area contributed by atoms with E-state index in [-0.39, 0.29) is 17.9 Å². The van der Waals surface area contributed by atoms with Crippen LogP contribution in [-0.4, -0.2) is 60.4 Å². The SMILES string of the molecule is C=CCNC(=O)C(C1CCCC1)N1CCN(C(=O)c2cccc(Br)c2)CC1. The van der Waals surface area contributed by atoms with Crippen molar-refractivity contribution in [3.63, 3.8) is 0 Å². The number of benzene rings is 1. The second-order valence-electron chi connectivity index (χ2n) is 7.36. The van der Waals surface area contributed by atoms with E-state index in [4.69, 9.17) is 0 Å². The van der Waals surface area contributed by atoms with Crippen LogP contribution >= 0.6 is 15.9 Å². The Labute approximate surface area is 169 Å². The van der Waals surface area contributed by atoms with Crippen LogP contribution in [0.5, 0.6) is 0 Å². The van der Waals surface area contributed by atoms with Gasteiger partial charge in [-0.15, -0.1) is 6.58 Å². The highest BCUT2D eigenvalue weighted by molar-refractivity contribution is 9.10. The van der Waals surface area contributed by atoms with Gasteiger partial charge in [0.2, 0.25) is 5.91 Å². The van der Waals surface area contributed by atoms with Gasteiger partial charge in [-0.3, -0.25) is 14.5 Å². The predicted octanol–water partition coefficient (Wildman–Crippen LogP) is 3.07. The van der Waals surface area contributed by atoms with Gasteiger partial charge >= 0.3 is 0 Å². The Bertz CT molecular complexity index is 680. The third-order valence-corrected chi connectivity index (χ3v) is 6.10. The molecule has 3 rings (SSSR count). The van der Waals surface area contributed by atoms with E-state index < -0.39 is 0 Å². The van der Waals surface area contributed by atoms with Gasteiger partial charge in [0.05, 0.1) is 6.04 Å². The van der Waals surface area contributed by atoms with Gasteiger partial charge in [0.1, 0.15) is 0 Å². The maximum atomic E-state index is 12.8. The summed E-state index contributed by atoms with van der Waals surface area (Å²) in [5.41, 5.74) is 0.703. The number of hydrogen-bond acceptors (Lipinski definition) is 3. The van der Waals surface area contributed by atoms with Crippen LogP contribution in [0, 0.1) is 5.92 Å². The maximum absolute atomic E-state index is 12.8. The fourth-order valence-corrected chi connectivity index (χ4v) is 4.64. The first-order chi connectivity index (χ1) is 13.1. The van der Waals surface area contributed by atoms with Crippen molar-refractivity contribution in [2.24, 2.45) is 5.92 Å². The van der Waals surface area contributed by atoms with Gasteiger partial charge in [0, 0.05) is 42.8 Å². The molecule has 1 unspecified atom stereocenters. The molecule has 27 heavy (non-hydrogen) atoms. The molecule has 0 radical (unpaired) electrons. The molecule has 6 heteroatoms. The first-order valence-corrected chi connectivity index (χ1v) is 10.6. The second kappa shape index (κ2) is 9.51. The second-order valence-corrected chi connectivity index (χ2v) is 8.28. The van der Waals surface area contributed by atoms with Gasteiger partial charge in [-0.1, -0.05) is 40.9 Å². The van der Waals surface area contributed by atoms with Crippen LogP contribution < -0.4 is 5.32 Å². The lowest BCUT2D eigenvalue weighted by Crippen LogP contribution is -2.58. The quantitative estimate of drug-likeness (QED) is 0.701. The summed E-state index contributed by atoms with van der Waals surface area (Å²) in [5.74, 6) is 0.584. The van der Waals surface area contributed by atoms with Gasteiger partial charge in [0.15, 0.2) is 0 Å². The lowest BCUT2D eigenvalue weighted by Gasteiger charge is -2.40. The molecular weight excluding hydrogens is 406 g/mol. The monoisotopic (exact) mass is 433 g/mol. The standard InChI is InChI=1S/C21H28BrN3O2/c1-2-10-23-20(26)19(16-6-3-4-7-16)24-11-13-25(14-12-24)21(27)17-8-5-9-18(22)15-17/h2,5,8-9,15-16,19H,1,3-4,6-7,10-14H2,(H,23,26). The molecule has 1 atom stereocenters. The van der Waals surface area contributed by atoms with Crippen molar-refractivity contribution in [1.29, 1.82) is 0 Å². The van der Waals surface area contributed by atoms with Crippen molar-refractivity contribution in [1.82, 2.24) is 15.1 Å². The predicted molar refractivity (Wildman–Crippen MR) is 111 cm³/mol. The van der Waals surface area contributed by atoms with Crippen LogP contribution in [0.3, 0.4) is 0 Å². The molecule has 0 spiro atoms. The van der Waals surface area contributed by atoms with Crippen LogP contribution in [0.4, 0.5) is 0 Å². The largest absolute Gasteiger partial charge is 0.351 e. The van der Waals surface area contributed by atoms with Crippen LogP contribution in [0.1, 0.15) is 36.0 Å². The lowest BCUT2D eigenvalue weighted by atomic mass is 9.95. The highest BCUT2D eigenvalue weighted by atomic mass is 79.9. The minimum atomic E-state index is -0.0874. The Morgan fingerprint density at radius 3 is 2.56 bits per heavy atom. The molecule has 1 N–H and O–H groups in total. The summed E-state index contributed by atoms with van der Waals surface area (Å²) in [6.07, 6.45) is 6.36. The Balaban J connectivity index is 1.63. The van der Waals surface area contributed by atoms with Crippen LogP contribution in [0.15, 0.2) is 41.4 Å². The molecule has 2 aliphatic rings.